The summed E-state index contributed by atoms with van der Waals surface area (Å²) in [6.07, 6.45) is 0.353. The molecular weight excluding hydrogens is 412 g/mol. The van der Waals surface area contributed by atoms with Crippen molar-refractivity contribution in [3.05, 3.63) is 71.9 Å². The van der Waals surface area contributed by atoms with Gasteiger partial charge < -0.3 is 19.0 Å². The van der Waals surface area contributed by atoms with E-state index >= 15 is 0 Å². The van der Waals surface area contributed by atoms with Crippen LogP contribution in [0.3, 0.4) is 0 Å². The Morgan fingerprint density at radius 2 is 1.84 bits per heavy atom. The van der Waals surface area contributed by atoms with Crippen LogP contribution in [0.25, 0.3) is 11.1 Å². The van der Waals surface area contributed by atoms with Gasteiger partial charge in [-0.2, -0.15) is 4.98 Å². The molecule has 1 aliphatic heterocycles. The number of amides is 1. The summed E-state index contributed by atoms with van der Waals surface area (Å²) in [5.74, 6) is -0.935. The Morgan fingerprint density at radius 1 is 1.12 bits per heavy atom. The molecule has 0 N–H and O–H groups in total. The summed E-state index contributed by atoms with van der Waals surface area (Å²) in [4.78, 5) is 35.8. The number of carbonyl (C=O) groups excluding carboxylic acids is 2. The summed E-state index contributed by atoms with van der Waals surface area (Å²) < 4.78 is 10.2. The number of likely N-dealkylation sites (tertiary alicyclic amines) is 1. The van der Waals surface area contributed by atoms with Gasteiger partial charge in [0.15, 0.2) is 0 Å². The average Bonchev–Trinajstić information content (AvgIpc) is 3.47. The van der Waals surface area contributed by atoms with Gasteiger partial charge in [0.05, 0.1) is 18.9 Å². The molecule has 164 valence electrons. The number of ether oxygens (including phenoxy) is 1. The molecule has 2 aromatic carbocycles. The van der Waals surface area contributed by atoms with Crippen molar-refractivity contribution >= 4 is 17.6 Å². The van der Waals surface area contributed by atoms with Gasteiger partial charge >= 0.3 is 5.97 Å². The van der Waals surface area contributed by atoms with Gasteiger partial charge in [-0.05, 0) is 35.3 Å². The minimum absolute atomic E-state index is 0.142. The van der Waals surface area contributed by atoms with Gasteiger partial charge in [-0.1, -0.05) is 47.6 Å². The number of aromatic nitrogens is 2. The topological polar surface area (TPSA) is 107 Å². The molecule has 2 heterocycles. The zero-order valence-electron chi connectivity index (χ0n) is 17.7. The van der Waals surface area contributed by atoms with Crippen molar-refractivity contribution in [2.45, 2.75) is 19.4 Å². The first-order chi connectivity index (χ1) is 15.6. The highest BCUT2D eigenvalue weighted by Crippen LogP contribution is 2.32. The van der Waals surface area contributed by atoms with Gasteiger partial charge in [-0.3, -0.25) is 4.79 Å². The minimum Gasteiger partial charge on any atom is -0.460 e. The zero-order valence-corrected chi connectivity index (χ0v) is 17.7. The molecule has 1 aromatic heterocycles. The second-order valence-electron chi connectivity index (χ2n) is 7.11. The number of carbonyl (C=O) groups is 2. The van der Waals surface area contributed by atoms with Gasteiger partial charge in [0.1, 0.15) is 13.2 Å². The molecule has 1 aliphatic rings. The van der Waals surface area contributed by atoms with Gasteiger partial charge in [0.2, 0.25) is 5.89 Å². The standard InChI is InChI=1S/C23H22N4O5/c1-3-31-23(29)20-24-21(32-26-20)19-13-18(25-30-2)14-27(19)22(28)17-11-9-16(10-12-17)15-7-5-4-6-8-15/h4-12,19H,3,13-14H2,1-2H3/t19-/m0/s1. The Morgan fingerprint density at radius 3 is 2.53 bits per heavy atom. The van der Waals surface area contributed by atoms with Crippen LogP contribution in [0.2, 0.25) is 0 Å². The predicted molar refractivity (Wildman–Crippen MR) is 115 cm³/mol. The van der Waals surface area contributed by atoms with E-state index < -0.39 is 12.0 Å². The van der Waals surface area contributed by atoms with Crippen molar-refractivity contribution in [2.24, 2.45) is 5.16 Å². The number of hydrogen-bond donors (Lipinski definition) is 0. The van der Waals surface area contributed by atoms with Crippen LogP contribution in [0.5, 0.6) is 0 Å². The van der Waals surface area contributed by atoms with E-state index in [-0.39, 0.29) is 30.8 Å². The number of hydrogen-bond acceptors (Lipinski definition) is 8. The SMILES string of the molecule is CCOC(=O)c1noc([C@@H]2CC(=NOC)CN2C(=O)c2ccc(-c3ccccc3)cc2)n1. The maximum absolute atomic E-state index is 13.3. The highest BCUT2D eigenvalue weighted by atomic mass is 16.6. The maximum Gasteiger partial charge on any atom is 0.379 e. The summed E-state index contributed by atoms with van der Waals surface area (Å²) in [6.45, 7) is 2.13. The Kier molecular flexibility index (Phi) is 6.25. The van der Waals surface area contributed by atoms with Crippen molar-refractivity contribution in [1.82, 2.24) is 15.0 Å². The Balaban J connectivity index is 1.59. The molecule has 4 rings (SSSR count). The molecule has 1 amide bonds. The summed E-state index contributed by atoms with van der Waals surface area (Å²) in [7, 11) is 1.44. The fourth-order valence-corrected chi connectivity index (χ4v) is 3.58. The van der Waals surface area contributed by atoms with Crippen molar-refractivity contribution in [2.75, 3.05) is 20.3 Å². The molecule has 32 heavy (non-hydrogen) atoms. The lowest BCUT2D eigenvalue weighted by atomic mass is 10.0. The Hall–Kier alpha value is -4.01. The zero-order chi connectivity index (χ0) is 22.5. The predicted octanol–water partition coefficient (Wildman–Crippen LogP) is 3.50. The molecule has 0 saturated carbocycles. The second-order valence-corrected chi connectivity index (χ2v) is 7.11. The lowest BCUT2D eigenvalue weighted by molar-refractivity contribution is 0.0508. The fraction of sp³-hybridized carbons (Fsp3) is 0.261. The lowest BCUT2D eigenvalue weighted by Gasteiger charge is -2.21. The van der Waals surface area contributed by atoms with Crippen molar-refractivity contribution < 1.29 is 23.7 Å². The molecule has 3 aromatic rings. The van der Waals surface area contributed by atoms with E-state index in [1.54, 1.807) is 24.0 Å². The van der Waals surface area contributed by atoms with E-state index in [4.69, 9.17) is 14.1 Å². The van der Waals surface area contributed by atoms with Crippen LogP contribution in [0.1, 0.15) is 46.3 Å². The van der Waals surface area contributed by atoms with Crippen molar-refractivity contribution in [3.8, 4) is 11.1 Å². The molecular formula is C23H22N4O5. The fourth-order valence-electron chi connectivity index (χ4n) is 3.58. The van der Waals surface area contributed by atoms with Crippen LogP contribution in [0, 0.1) is 0 Å². The molecule has 0 bridgehead atoms. The van der Waals surface area contributed by atoms with Crippen LogP contribution in [0.15, 0.2) is 64.3 Å². The van der Waals surface area contributed by atoms with Crippen molar-refractivity contribution in [3.63, 3.8) is 0 Å². The van der Waals surface area contributed by atoms with Crippen LogP contribution in [-0.4, -0.2) is 52.9 Å². The number of benzene rings is 2. The molecule has 0 unspecified atom stereocenters. The molecule has 1 fully saturated rings. The second kappa shape index (κ2) is 9.42. The Labute approximate surface area is 184 Å². The van der Waals surface area contributed by atoms with Crippen LogP contribution < -0.4 is 0 Å². The first-order valence-corrected chi connectivity index (χ1v) is 10.2. The molecule has 1 atom stereocenters. The van der Waals surface area contributed by atoms with E-state index in [0.29, 0.717) is 17.7 Å². The largest absolute Gasteiger partial charge is 0.460 e. The summed E-state index contributed by atoms with van der Waals surface area (Å²) in [5, 5.41) is 7.68. The minimum atomic E-state index is -0.680. The van der Waals surface area contributed by atoms with E-state index in [1.165, 1.54) is 7.11 Å². The number of rotatable bonds is 6. The van der Waals surface area contributed by atoms with Gasteiger partial charge in [0.25, 0.3) is 11.7 Å². The molecule has 1 saturated heterocycles. The van der Waals surface area contributed by atoms with Gasteiger partial charge in [0, 0.05) is 12.0 Å². The van der Waals surface area contributed by atoms with E-state index in [9.17, 15) is 9.59 Å². The quantitative estimate of drug-likeness (QED) is 0.432. The van der Waals surface area contributed by atoms with Crippen molar-refractivity contribution in [1.29, 1.82) is 0 Å². The smallest absolute Gasteiger partial charge is 0.379 e. The third kappa shape index (κ3) is 4.36. The number of nitrogens with zero attached hydrogens (tertiary/aromatic N) is 4. The van der Waals surface area contributed by atoms with Crippen LogP contribution in [-0.2, 0) is 9.57 Å². The maximum atomic E-state index is 13.3. The van der Waals surface area contributed by atoms with E-state index in [0.717, 1.165) is 11.1 Å². The first-order valence-electron chi connectivity index (χ1n) is 10.2. The normalized spacial score (nSPS) is 16.9. The number of oxime groups is 1. The van der Waals surface area contributed by atoms with E-state index in [1.807, 2.05) is 42.5 Å². The first kappa shape index (κ1) is 21.2. The molecule has 9 nitrogen and oxygen atoms in total. The summed E-state index contributed by atoms with van der Waals surface area (Å²) in [5.41, 5.74) is 3.25. The Bertz CT molecular complexity index is 1120. The van der Waals surface area contributed by atoms with Gasteiger partial charge in [-0.15, -0.1) is 0 Å². The highest BCUT2D eigenvalue weighted by molar-refractivity contribution is 6.00. The third-order valence-electron chi connectivity index (χ3n) is 5.06. The molecule has 0 radical (unpaired) electrons. The monoisotopic (exact) mass is 434 g/mol. The number of esters is 1. The molecule has 9 heteroatoms. The summed E-state index contributed by atoms with van der Waals surface area (Å²) >= 11 is 0. The summed E-state index contributed by atoms with van der Waals surface area (Å²) in [6, 6.07) is 16.7. The molecule has 0 spiro atoms. The van der Waals surface area contributed by atoms with E-state index in [2.05, 4.69) is 15.3 Å². The molecule has 0 aliphatic carbocycles. The highest BCUT2D eigenvalue weighted by Gasteiger charge is 2.39. The lowest BCUT2D eigenvalue weighted by Crippen LogP contribution is -2.31. The average molecular weight is 434 g/mol. The van der Waals surface area contributed by atoms with Crippen LogP contribution >= 0.6 is 0 Å². The van der Waals surface area contributed by atoms with Gasteiger partial charge in [-0.25, -0.2) is 4.79 Å². The van der Waals surface area contributed by atoms with Crippen LogP contribution in [0.4, 0.5) is 0 Å². The third-order valence-corrected chi connectivity index (χ3v) is 5.06.